The summed E-state index contributed by atoms with van der Waals surface area (Å²) in [6.07, 6.45) is 0. The van der Waals surface area contributed by atoms with Crippen LogP contribution in [-0.4, -0.2) is 0 Å². The van der Waals surface area contributed by atoms with Gasteiger partial charge in [0.05, 0.1) is 5.69 Å². The van der Waals surface area contributed by atoms with E-state index in [1.165, 1.54) is 55.3 Å². The van der Waals surface area contributed by atoms with Gasteiger partial charge in [-0.2, -0.15) is 0 Å². The highest BCUT2D eigenvalue weighted by Crippen LogP contribution is 2.54. The molecule has 2 nitrogen and oxygen atoms in total. The zero-order valence-electron chi connectivity index (χ0n) is 34.3. The van der Waals surface area contributed by atoms with Crippen molar-refractivity contribution in [2.75, 3.05) is 4.90 Å². The molecule has 12 rings (SSSR count). The SMILES string of the molecule is CC1(c2ccccc2)c2ccccc2-c2ccc(-c3ccccc3N(c3ccc(-c4cccc5ccccc45)cc3)c3cccc(-c4cccc5oc6ccccc6c45)c3)cc21. The van der Waals surface area contributed by atoms with Gasteiger partial charge in [0.2, 0.25) is 0 Å². The van der Waals surface area contributed by atoms with Crippen LogP contribution >= 0.6 is 0 Å². The van der Waals surface area contributed by atoms with E-state index in [1.807, 2.05) is 6.07 Å². The summed E-state index contributed by atoms with van der Waals surface area (Å²) in [4.78, 5) is 2.43. The first kappa shape index (κ1) is 36.0. The normalized spacial score (nSPS) is 14.3. The summed E-state index contributed by atoms with van der Waals surface area (Å²) in [5.74, 6) is 0. The summed E-state index contributed by atoms with van der Waals surface area (Å²) in [6.45, 7) is 2.39. The van der Waals surface area contributed by atoms with Gasteiger partial charge in [-0.15, -0.1) is 0 Å². The first-order valence-electron chi connectivity index (χ1n) is 21.4. The molecule has 2 heteroatoms. The van der Waals surface area contributed by atoms with Gasteiger partial charge in [0.1, 0.15) is 11.2 Å². The fraction of sp³-hybridized carbons (Fsp3) is 0.0333. The molecule has 0 aliphatic heterocycles. The highest BCUT2D eigenvalue weighted by molar-refractivity contribution is 6.12. The number of anilines is 3. The van der Waals surface area contributed by atoms with E-state index in [0.29, 0.717) is 0 Å². The Morgan fingerprint density at radius 2 is 0.984 bits per heavy atom. The van der Waals surface area contributed by atoms with E-state index in [-0.39, 0.29) is 5.41 Å². The minimum Gasteiger partial charge on any atom is -0.456 e. The van der Waals surface area contributed by atoms with Gasteiger partial charge in [-0.05, 0) is 122 Å². The van der Waals surface area contributed by atoms with Crippen molar-refractivity contribution in [3.63, 3.8) is 0 Å². The molecule has 11 aromatic rings. The summed E-state index contributed by atoms with van der Waals surface area (Å²) in [7, 11) is 0. The fourth-order valence-corrected chi connectivity index (χ4v) is 10.2. The van der Waals surface area contributed by atoms with Crippen molar-refractivity contribution in [1.82, 2.24) is 0 Å². The van der Waals surface area contributed by atoms with Crippen molar-refractivity contribution < 1.29 is 4.42 Å². The van der Waals surface area contributed by atoms with Crippen LogP contribution in [0.2, 0.25) is 0 Å². The monoisotopic (exact) mass is 791 g/mol. The van der Waals surface area contributed by atoms with Crippen LogP contribution in [0.25, 0.3) is 77.2 Å². The molecule has 1 aromatic heterocycles. The number of hydrogen-bond acceptors (Lipinski definition) is 2. The largest absolute Gasteiger partial charge is 0.456 e. The van der Waals surface area contributed by atoms with E-state index in [0.717, 1.165) is 55.7 Å². The first-order chi connectivity index (χ1) is 30.6. The van der Waals surface area contributed by atoms with E-state index >= 15 is 0 Å². The predicted octanol–water partition coefficient (Wildman–Crippen LogP) is 16.5. The molecule has 292 valence electrons. The molecule has 1 aliphatic carbocycles. The zero-order chi connectivity index (χ0) is 41.2. The number of hydrogen-bond donors (Lipinski definition) is 0. The lowest BCUT2D eigenvalue weighted by Crippen LogP contribution is -2.22. The third-order valence-corrected chi connectivity index (χ3v) is 13.2. The van der Waals surface area contributed by atoms with Crippen LogP contribution < -0.4 is 4.90 Å². The first-order valence-corrected chi connectivity index (χ1v) is 21.4. The van der Waals surface area contributed by atoms with Crippen LogP contribution in [0.4, 0.5) is 17.1 Å². The predicted molar refractivity (Wildman–Crippen MR) is 260 cm³/mol. The second kappa shape index (κ2) is 14.4. The topological polar surface area (TPSA) is 16.4 Å². The van der Waals surface area contributed by atoms with Crippen LogP contribution in [0.5, 0.6) is 0 Å². The maximum Gasteiger partial charge on any atom is 0.136 e. The van der Waals surface area contributed by atoms with Crippen molar-refractivity contribution in [1.29, 1.82) is 0 Å². The average molecular weight is 792 g/mol. The number of rotatable bonds is 7. The Kier molecular flexibility index (Phi) is 8.33. The van der Waals surface area contributed by atoms with Crippen molar-refractivity contribution in [3.05, 3.63) is 247 Å². The molecule has 0 N–H and O–H groups in total. The lowest BCUT2D eigenvalue weighted by atomic mass is 9.74. The molecule has 62 heavy (non-hydrogen) atoms. The molecule has 1 aliphatic rings. The van der Waals surface area contributed by atoms with Crippen molar-refractivity contribution in [2.24, 2.45) is 0 Å². The minimum atomic E-state index is -0.304. The molecule has 10 aromatic carbocycles. The van der Waals surface area contributed by atoms with Gasteiger partial charge in [-0.3, -0.25) is 0 Å². The quantitative estimate of drug-likeness (QED) is 0.160. The molecule has 0 bridgehead atoms. The Labute approximate surface area is 361 Å². The van der Waals surface area contributed by atoms with E-state index in [1.54, 1.807) is 0 Å². The van der Waals surface area contributed by atoms with Gasteiger partial charge in [0.25, 0.3) is 0 Å². The second-order valence-electron chi connectivity index (χ2n) is 16.6. The molecular formula is C60H41NO. The highest BCUT2D eigenvalue weighted by atomic mass is 16.3. The molecule has 0 saturated heterocycles. The lowest BCUT2D eigenvalue weighted by molar-refractivity contribution is 0.669. The van der Waals surface area contributed by atoms with Crippen LogP contribution in [0.15, 0.2) is 235 Å². The summed E-state index contributed by atoms with van der Waals surface area (Å²) >= 11 is 0. The van der Waals surface area contributed by atoms with Crippen molar-refractivity contribution in [2.45, 2.75) is 12.3 Å². The van der Waals surface area contributed by atoms with Crippen molar-refractivity contribution in [3.8, 4) is 44.5 Å². The van der Waals surface area contributed by atoms with E-state index in [4.69, 9.17) is 4.42 Å². The molecule has 0 fully saturated rings. The summed E-state index contributed by atoms with van der Waals surface area (Å²) in [6, 6.07) is 83.9. The highest BCUT2D eigenvalue weighted by Gasteiger charge is 2.40. The smallest absolute Gasteiger partial charge is 0.136 e. The second-order valence-corrected chi connectivity index (χ2v) is 16.6. The molecule has 0 saturated carbocycles. The fourth-order valence-electron chi connectivity index (χ4n) is 10.2. The van der Waals surface area contributed by atoms with E-state index in [9.17, 15) is 0 Å². The minimum absolute atomic E-state index is 0.304. The molecule has 0 spiro atoms. The molecule has 1 atom stereocenters. The van der Waals surface area contributed by atoms with Gasteiger partial charge in [-0.25, -0.2) is 0 Å². The van der Waals surface area contributed by atoms with Gasteiger partial charge >= 0.3 is 0 Å². The molecule has 0 radical (unpaired) electrons. The Morgan fingerprint density at radius 3 is 1.87 bits per heavy atom. The Hall–Kier alpha value is -7.94. The summed E-state index contributed by atoms with van der Waals surface area (Å²) in [5, 5.41) is 4.74. The third kappa shape index (κ3) is 5.65. The number of benzene rings is 10. The Morgan fingerprint density at radius 1 is 0.371 bits per heavy atom. The average Bonchev–Trinajstić information content (AvgIpc) is 3.85. The lowest BCUT2D eigenvalue weighted by Gasteiger charge is -2.30. The molecule has 1 unspecified atom stereocenters. The Balaban J connectivity index is 1.04. The van der Waals surface area contributed by atoms with Gasteiger partial charge in [0.15, 0.2) is 0 Å². The molecule has 1 heterocycles. The van der Waals surface area contributed by atoms with Gasteiger partial charge in [0, 0.05) is 33.1 Å². The number of nitrogens with zero attached hydrogens (tertiary/aromatic N) is 1. The number of fused-ring (bicyclic) bond motifs is 7. The maximum atomic E-state index is 6.35. The van der Waals surface area contributed by atoms with Crippen LogP contribution in [0.1, 0.15) is 23.6 Å². The summed E-state index contributed by atoms with van der Waals surface area (Å²) in [5.41, 5.74) is 18.3. The standard InChI is InChI=1S/C60H41NO/c1-60(44-19-3-2-4-20-44)54-28-10-7-24-51(54)52-37-34-43(39-55(52)60)49-23-8-11-29-56(49)61(45-35-32-41(33-36-45)48-26-14-17-40-16-5-6-22-47(40)48)46-21-13-18-42(38-46)50-27-15-31-58-59(50)53-25-9-12-30-57(53)62-58/h2-39H,1H3. The third-order valence-electron chi connectivity index (χ3n) is 13.2. The van der Waals surface area contributed by atoms with E-state index in [2.05, 4.69) is 236 Å². The van der Waals surface area contributed by atoms with Crippen LogP contribution in [-0.2, 0) is 5.41 Å². The number of furan rings is 1. The van der Waals surface area contributed by atoms with Crippen molar-refractivity contribution >= 4 is 49.8 Å². The van der Waals surface area contributed by atoms with Gasteiger partial charge < -0.3 is 9.32 Å². The van der Waals surface area contributed by atoms with Crippen LogP contribution in [0.3, 0.4) is 0 Å². The zero-order valence-corrected chi connectivity index (χ0v) is 34.3. The van der Waals surface area contributed by atoms with Gasteiger partial charge in [-0.1, -0.05) is 182 Å². The maximum absolute atomic E-state index is 6.35. The van der Waals surface area contributed by atoms with Crippen LogP contribution in [0, 0.1) is 0 Å². The van der Waals surface area contributed by atoms with E-state index < -0.39 is 0 Å². The molecule has 0 amide bonds. The number of para-hydroxylation sites is 2. The molecular weight excluding hydrogens is 751 g/mol. The Bertz CT molecular complexity index is 3480. The summed E-state index contributed by atoms with van der Waals surface area (Å²) < 4.78 is 6.35.